The summed E-state index contributed by atoms with van der Waals surface area (Å²) in [6.07, 6.45) is 0.214. The number of sulfonamides is 1. The van der Waals surface area contributed by atoms with Crippen LogP contribution >= 0.6 is 0 Å². The summed E-state index contributed by atoms with van der Waals surface area (Å²) >= 11 is 0. The van der Waals surface area contributed by atoms with Gasteiger partial charge in [-0.25, -0.2) is 26.7 Å². The molecule has 2 N–H and O–H groups in total. The number of ether oxygens (including phenoxy) is 1. The molecule has 0 saturated heterocycles. The van der Waals surface area contributed by atoms with Gasteiger partial charge in [0, 0.05) is 5.92 Å². The molecular formula is C11H12F5NO3S. The predicted octanol–water partition coefficient (Wildman–Crippen LogP) is 2.08. The largest absolute Gasteiger partial charge is 0.487 e. The van der Waals surface area contributed by atoms with E-state index >= 15 is 0 Å². The molecule has 4 nitrogen and oxygen atoms in total. The van der Waals surface area contributed by atoms with Crippen LogP contribution in [0.1, 0.15) is 13.3 Å². The SMILES string of the molecule is CCC(COc1c(F)c(F)c(F)c(F)c1F)CS(N)(=O)=O. The fourth-order valence-corrected chi connectivity index (χ4v) is 2.51. The lowest BCUT2D eigenvalue weighted by molar-refractivity contribution is 0.224. The molecule has 0 amide bonds. The molecule has 120 valence electrons. The minimum absolute atomic E-state index is 0.214. The quantitative estimate of drug-likeness (QED) is 0.492. The van der Waals surface area contributed by atoms with Gasteiger partial charge in [-0.3, -0.25) is 0 Å². The minimum Gasteiger partial charge on any atom is -0.487 e. The van der Waals surface area contributed by atoms with Gasteiger partial charge in [-0.05, 0) is 6.42 Å². The highest BCUT2D eigenvalue weighted by Gasteiger charge is 2.27. The highest BCUT2D eigenvalue weighted by atomic mass is 32.2. The summed E-state index contributed by atoms with van der Waals surface area (Å²) in [5.74, 6) is -13.5. The molecule has 0 aromatic heterocycles. The first-order chi connectivity index (χ1) is 9.58. The Labute approximate surface area is 117 Å². The Hall–Kier alpha value is -1.42. The van der Waals surface area contributed by atoms with Crippen LogP contribution in [0.25, 0.3) is 0 Å². The molecule has 0 spiro atoms. The molecule has 21 heavy (non-hydrogen) atoms. The number of halogens is 5. The standard InChI is InChI=1S/C11H12F5NO3S/c1-2-5(4-21(17,18)19)3-20-11-9(15)7(13)6(12)8(14)10(11)16/h5H,2-4H2,1H3,(H2,17,18,19). The first kappa shape index (κ1) is 17.6. The van der Waals surface area contributed by atoms with Gasteiger partial charge in [0.1, 0.15) is 0 Å². The molecule has 0 radical (unpaired) electrons. The van der Waals surface area contributed by atoms with Crippen LogP contribution in [0.5, 0.6) is 5.75 Å². The minimum atomic E-state index is -3.86. The Kier molecular flexibility index (Phi) is 5.51. The molecule has 0 saturated carbocycles. The van der Waals surface area contributed by atoms with Crippen molar-refractivity contribution < 1.29 is 35.1 Å². The van der Waals surface area contributed by atoms with Crippen molar-refractivity contribution in [2.75, 3.05) is 12.4 Å². The van der Waals surface area contributed by atoms with Crippen molar-refractivity contribution in [3.63, 3.8) is 0 Å². The Morgan fingerprint density at radius 1 is 1.00 bits per heavy atom. The highest BCUT2D eigenvalue weighted by Crippen LogP contribution is 2.29. The van der Waals surface area contributed by atoms with Crippen molar-refractivity contribution in [3.8, 4) is 5.75 Å². The Morgan fingerprint density at radius 2 is 1.43 bits per heavy atom. The third-order valence-corrected chi connectivity index (χ3v) is 3.61. The molecule has 1 aromatic carbocycles. The Bertz CT molecular complexity index is 606. The monoisotopic (exact) mass is 333 g/mol. The fourth-order valence-electron chi connectivity index (χ4n) is 1.53. The lowest BCUT2D eigenvalue weighted by Crippen LogP contribution is -2.27. The Balaban J connectivity index is 2.99. The van der Waals surface area contributed by atoms with Crippen LogP contribution in [0.3, 0.4) is 0 Å². The smallest absolute Gasteiger partial charge is 0.209 e. The van der Waals surface area contributed by atoms with Crippen LogP contribution < -0.4 is 9.88 Å². The van der Waals surface area contributed by atoms with Crippen LogP contribution in [0.2, 0.25) is 0 Å². The molecule has 1 unspecified atom stereocenters. The van der Waals surface area contributed by atoms with E-state index < -0.39 is 63.1 Å². The number of primary sulfonamides is 1. The summed E-state index contributed by atoms with van der Waals surface area (Å²) in [5.41, 5.74) is 0. The lowest BCUT2D eigenvalue weighted by atomic mass is 10.1. The third kappa shape index (κ3) is 4.27. The van der Waals surface area contributed by atoms with E-state index in [2.05, 4.69) is 4.74 Å². The van der Waals surface area contributed by atoms with Crippen LogP contribution in [0.15, 0.2) is 0 Å². The average molecular weight is 333 g/mol. The summed E-state index contributed by atoms with van der Waals surface area (Å²) in [6.45, 7) is 0.989. The van der Waals surface area contributed by atoms with E-state index in [-0.39, 0.29) is 6.42 Å². The molecule has 0 heterocycles. The van der Waals surface area contributed by atoms with Gasteiger partial charge in [-0.2, -0.15) is 8.78 Å². The molecule has 0 fully saturated rings. The van der Waals surface area contributed by atoms with Gasteiger partial charge in [0.25, 0.3) is 0 Å². The fraction of sp³-hybridized carbons (Fsp3) is 0.455. The second-order valence-electron chi connectivity index (χ2n) is 4.31. The second kappa shape index (κ2) is 6.56. The number of rotatable bonds is 6. The van der Waals surface area contributed by atoms with E-state index in [0.29, 0.717) is 0 Å². The first-order valence-corrected chi connectivity index (χ1v) is 7.44. The topological polar surface area (TPSA) is 69.4 Å². The number of nitrogens with two attached hydrogens (primary N) is 1. The summed E-state index contributed by atoms with van der Waals surface area (Å²) in [4.78, 5) is 0. The zero-order valence-electron chi connectivity index (χ0n) is 10.8. The van der Waals surface area contributed by atoms with Gasteiger partial charge in [0.15, 0.2) is 5.75 Å². The highest BCUT2D eigenvalue weighted by molar-refractivity contribution is 7.89. The molecule has 0 aliphatic carbocycles. The van der Waals surface area contributed by atoms with Gasteiger partial charge in [-0.1, -0.05) is 6.92 Å². The van der Waals surface area contributed by atoms with Gasteiger partial charge in [0.05, 0.1) is 12.4 Å². The normalized spacial score (nSPS) is 13.3. The molecule has 10 heteroatoms. The van der Waals surface area contributed by atoms with Crippen LogP contribution in [0, 0.1) is 35.0 Å². The van der Waals surface area contributed by atoms with Crippen molar-refractivity contribution in [2.45, 2.75) is 13.3 Å². The van der Waals surface area contributed by atoms with Gasteiger partial charge in [-0.15, -0.1) is 0 Å². The van der Waals surface area contributed by atoms with Crippen molar-refractivity contribution in [2.24, 2.45) is 11.1 Å². The van der Waals surface area contributed by atoms with Crippen molar-refractivity contribution in [1.82, 2.24) is 0 Å². The molecule has 1 aromatic rings. The number of hydrogen-bond donors (Lipinski definition) is 1. The zero-order valence-corrected chi connectivity index (χ0v) is 11.6. The maximum absolute atomic E-state index is 13.3. The summed E-state index contributed by atoms with van der Waals surface area (Å²) in [5, 5.41) is 4.81. The van der Waals surface area contributed by atoms with Crippen LogP contribution in [-0.4, -0.2) is 20.8 Å². The predicted molar refractivity (Wildman–Crippen MR) is 63.5 cm³/mol. The summed E-state index contributed by atoms with van der Waals surface area (Å²) < 4.78 is 91.6. The van der Waals surface area contributed by atoms with Crippen LogP contribution in [0.4, 0.5) is 22.0 Å². The van der Waals surface area contributed by atoms with E-state index in [0.717, 1.165) is 0 Å². The van der Waals surface area contributed by atoms with E-state index in [1.165, 1.54) is 0 Å². The zero-order chi connectivity index (χ0) is 16.4. The van der Waals surface area contributed by atoms with E-state index in [1.807, 2.05) is 0 Å². The van der Waals surface area contributed by atoms with E-state index in [9.17, 15) is 30.4 Å². The molecule has 1 rings (SSSR count). The summed E-state index contributed by atoms with van der Waals surface area (Å²) in [6, 6.07) is 0. The molecular weight excluding hydrogens is 321 g/mol. The lowest BCUT2D eigenvalue weighted by Gasteiger charge is -2.16. The maximum atomic E-state index is 13.3. The Morgan fingerprint density at radius 3 is 1.81 bits per heavy atom. The molecule has 1 atom stereocenters. The van der Waals surface area contributed by atoms with E-state index in [1.54, 1.807) is 6.92 Å². The maximum Gasteiger partial charge on any atom is 0.209 e. The van der Waals surface area contributed by atoms with Crippen molar-refractivity contribution >= 4 is 10.0 Å². The molecule has 0 aliphatic rings. The number of benzene rings is 1. The second-order valence-corrected chi connectivity index (χ2v) is 5.97. The van der Waals surface area contributed by atoms with Crippen LogP contribution in [-0.2, 0) is 10.0 Å². The first-order valence-electron chi connectivity index (χ1n) is 5.73. The van der Waals surface area contributed by atoms with Gasteiger partial charge in [0.2, 0.25) is 39.1 Å². The van der Waals surface area contributed by atoms with Crippen molar-refractivity contribution in [3.05, 3.63) is 29.1 Å². The average Bonchev–Trinajstić information content (AvgIpc) is 2.40. The third-order valence-electron chi connectivity index (χ3n) is 2.68. The van der Waals surface area contributed by atoms with Crippen molar-refractivity contribution in [1.29, 1.82) is 0 Å². The molecule has 0 bridgehead atoms. The van der Waals surface area contributed by atoms with Gasteiger partial charge < -0.3 is 4.74 Å². The van der Waals surface area contributed by atoms with E-state index in [4.69, 9.17) is 5.14 Å². The number of hydrogen-bond acceptors (Lipinski definition) is 3. The molecule has 0 aliphatic heterocycles. The van der Waals surface area contributed by atoms with Gasteiger partial charge >= 0.3 is 0 Å². The summed E-state index contributed by atoms with van der Waals surface area (Å²) in [7, 11) is -3.86.